The first kappa shape index (κ1) is 18.5. The van der Waals surface area contributed by atoms with Gasteiger partial charge in [0.2, 0.25) is 0 Å². The van der Waals surface area contributed by atoms with E-state index >= 15 is 0 Å². The van der Waals surface area contributed by atoms with E-state index in [1.54, 1.807) is 29.6 Å². The average molecular weight is 354 g/mol. The SMILES string of the molecule is CCN(Cc1ccncc1)C[C@@]1(O)CCN(C(=O)c2ccc(C)nc2)C1. The number of β-amino-alcohol motifs (C(OH)–C–C–N with tert-alkyl or cyclic N) is 1. The smallest absolute Gasteiger partial charge is 0.255 e. The molecule has 0 bridgehead atoms. The van der Waals surface area contributed by atoms with Gasteiger partial charge in [0.25, 0.3) is 5.91 Å². The summed E-state index contributed by atoms with van der Waals surface area (Å²) >= 11 is 0. The lowest BCUT2D eigenvalue weighted by Gasteiger charge is -2.30. The number of nitrogens with zero attached hydrogens (tertiary/aromatic N) is 4. The van der Waals surface area contributed by atoms with Gasteiger partial charge in [-0.15, -0.1) is 0 Å². The van der Waals surface area contributed by atoms with Crippen LogP contribution in [0.1, 0.15) is 35.0 Å². The molecule has 2 aromatic rings. The van der Waals surface area contributed by atoms with Crippen molar-refractivity contribution in [2.75, 3.05) is 26.2 Å². The Labute approximate surface area is 154 Å². The molecule has 3 heterocycles. The molecular weight excluding hydrogens is 328 g/mol. The van der Waals surface area contributed by atoms with Crippen LogP contribution in [-0.4, -0.2) is 62.6 Å². The summed E-state index contributed by atoms with van der Waals surface area (Å²) in [4.78, 5) is 24.8. The van der Waals surface area contributed by atoms with Crippen molar-refractivity contribution in [1.82, 2.24) is 19.8 Å². The second-order valence-corrected chi connectivity index (χ2v) is 7.05. The van der Waals surface area contributed by atoms with E-state index in [1.807, 2.05) is 25.1 Å². The monoisotopic (exact) mass is 354 g/mol. The molecule has 0 saturated carbocycles. The van der Waals surface area contributed by atoms with Crippen molar-refractivity contribution in [3.63, 3.8) is 0 Å². The predicted molar refractivity (Wildman–Crippen MR) is 99.6 cm³/mol. The largest absolute Gasteiger partial charge is 0.387 e. The fourth-order valence-corrected chi connectivity index (χ4v) is 3.38. The van der Waals surface area contributed by atoms with Crippen LogP contribution in [0.3, 0.4) is 0 Å². The van der Waals surface area contributed by atoms with Crippen LogP contribution < -0.4 is 0 Å². The number of amides is 1. The summed E-state index contributed by atoms with van der Waals surface area (Å²) in [6.45, 7) is 7.04. The van der Waals surface area contributed by atoms with Crippen LogP contribution in [0.15, 0.2) is 42.9 Å². The number of rotatable bonds is 6. The lowest BCUT2D eigenvalue weighted by Crippen LogP contribution is -2.45. The van der Waals surface area contributed by atoms with E-state index in [4.69, 9.17) is 0 Å². The Hall–Kier alpha value is -2.31. The van der Waals surface area contributed by atoms with Crippen LogP contribution in [0.4, 0.5) is 0 Å². The van der Waals surface area contributed by atoms with Gasteiger partial charge in [-0.25, -0.2) is 0 Å². The van der Waals surface area contributed by atoms with Crippen LogP contribution in [0, 0.1) is 6.92 Å². The Morgan fingerprint density at radius 2 is 2.08 bits per heavy atom. The minimum atomic E-state index is -0.878. The Balaban J connectivity index is 1.62. The first-order valence-electron chi connectivity index (χ1n) is 9.05. The molecule has 1 saturated heterocycles. The lowest BCUT2D eigenvalue weighted by molar-refractivity contribution is 0.0108. The molecule has 2 aromatic heterocycles. The van der Waals surface area contributed by atoms with Crippen molar-refractivity contribution in [1.29, 1.82) is 0 Å². The molecule has 1 aliphatic heterocycles. The summed E-state index contributed by atoms with van der Waals surface area (Å²) in [6, 6.07) is 7.61. The van der Waals surface area contributed by atoms with E-state index in [0.717, 1.165) is 18.8 Å². The summed E-state index contributed by atoms with van der Waals surface area (Å²) in [5, 5.41) is 11.0. The number of carbonyl (C=O) groups is 1. The zero-order chi connectivity index (χ0) is 18.6. The lowest BCUT2D eigenvalue weighted by atomic mass is 10.0. The zero-order valence-corrected chi connectivity index (χ0v) is 15.4. The Morgan fingerprint density at radius 1 is 1.31 bits per heavy atom. The molecule has 1 N–H and O–H groups in total. The molecule has 1 aliphatic rings. The van der Waals surface area contributed by atoms with Crippen molar-refractivity contribution in [3.05, 3.63) is 59.7 Å². The maximum absolute atomic E-state index is 12.6. The summed E-state index contributed by atoms with van der Waals surface area (Å²) in [5.74, 6) is -0.0643. The molecule has 138 valence electrons. The fourth-order valence-electron chi connectivity index (χ4n) is 3.38. The first-order valence-corrected chi connectivity index (χ1v) is 9.05. The zero-order valence-electron chi connectivity index (χ0n) is 15.4. The highest BCUT2D eigenvalue weighted by atomic mass is 16.3. The van der Waals surface area contributed by atoms with Crippen LogP contribution in [0.5, 0.6) is 0 Å². The maximum atomic E-state index is 12.6. The fraction of sp³-hybridized carbons (Fsp3) is 0.450. The second kappa shape index (κ2) is 7.93. The molecule has 0 radical (unpaired) electrons. The quantitative estimate of drug-likeness (QED) is 0.858. The summed E-state index contributed by atoms with van der Waals surface area (Å²) in [6.07, 6.45) is 5.76. The molecule has 1 fully saturated rings. The van der Waals surface area contributed by atoms with E-state index in [-0.39, 0.29) is 5.91 Å². The van der Waals surface area contributed by atoms with E-state index in [1.165, 1.54) is 5.56 Å². The molecular formula is C20H26N4O2. The molecule has 0 aromatic carbocycles. The molecule has 0 spiro atoms. The number of hydrogen-bond donors (Lipinski definition) is 1. The van der Waals surface area contributed by atoms with Gasteiger partial charge >= 0.3 is 0 Å². The molecule has 6 nitrogen and oxygen atoms in total. The number of pyridine rings is 2. The normalized spacial score (nSPS) is 19.9. The van der Waals surface area contributed by atoms with E-state index in [9.17, 15) is 9.90 Å². The van der Waals surface area contributed by atoms with Crippen molar-refractivity contribution >= 4 is 5.91 Å². The topological polar surface area (TPSA) is 69.6 Å². The maximum Gasteiger partial charge on any atom is 0.255 e. The number of aromatic nitrogens is 2. The van der Waals surface area contributed by atoms with Crippen molar-refractivity contribution in [2.24, 2.45) is 0 Å². The number of carbonyl (C=O) groups excluding carboxylic acids is 1. The summed E-state index contributed by atoms with van der Waals surface area (Å²) < 4.78 is 0. The number of likely N-dealkylation sites (N-methyl/N-ethyl adjacent to an activating group) is 1. The first-order chi connectivity index (χ1) is 12.5. The van der Waals surface area contributed by atoms with Crippen molar-refractivity contribution in [3.8, 4) is 0 Å². The number of aryl methyl sites for hydroxylation is 1. The number of hydrogen-bond acceptors (Lipinski definition) is 5. The predicted octanol–water partition coefficient (Wildman–Crippen LogP) is 1.88. The Bertz CT molecular complexity index is 735. The number of aliphatic hydroxyl groups is 1. The van der Waals surface area contributed by atoms with Crippen LogP contribution in [0.25, 0.3) is 0 Å². The third-order valence-corrected chi connectivity index (χ3v) is 4.90. The Kier molecular flexibility index (Phi) is 5.64. The van der Waals surface area contributed by atoms with Crippen molar-refractivity contribution in [2.45, 2.75) is 32.4 Å². The molecule has 0 unspecified atom stereocenters. The molecule has 6 heteroatoms. The van der Waals surface area contributed by atoms with Crippen LogP contribution >= 0.6 is 0 Å². The highest BCUT2D eigenvalue weighted by Crippen LogP contribution is 2.24. The number of likely N-dealkylation sites (tertiary alicyclic amines) is 1. The minimum Gasteiger partial charge on any atom is -0.387 e. The van der Waals surface area contributed by atoms with Crippen LogP contribution in [0.2, 0.25) is 0 Å². The molecule has 26 heavy (non-hydrogen) atoms. The van der Waals surface area contributed by atoms with Gasteiger partial charge in [-0.1, -0.05) is 6.92 Å². The Morgan fingerprint density at radius 3 is 2.73 bits per heavy atom. The highest BCUT2D eigenvalue weighted by molar-refractivity contribution is 5.94. The molecule has 1 amide bonds. The van der Waals surface area contributed by atoms with Crippen molar-refractivity contribution < 1.29 is 9.90 Å². The third kappa shape index (κ3) is 4.45. The van der Waals surface area contributed by atoms with E-state index in [2.05, 4.69) is 21.8 Å². The molecule has 0 aliphatic carbocycles. The summed E-state index contributed by atoms with van der Waals surface area (Å²) in [5.41, 5.74) is 1.75. The molecule has 1 atom stereocenters. The highest BCUT2D eigenvalue weighted by Gasteiger charge is 2.39. The van der Waals surface area contributed by atoms with Gasteiger partial charge in [0.1, 0.15) is 0 Å². The third-order valence-electron chi connectivity index (χ3n) is 4.90. The van der Waals surface area contributed by atoms with Gasteiger partial charge in [0.15, 0.2) is 0 Å². The van der Waals surface area contributed by atoms with Crippen LogP contribution in [-0.2, 0) is 6.54 Å². The van der Waals surface area contributed by atoms with E-state index < -0.39 is 5.60 Å². The van der Waals surface area contributed by atoms with Gasteiger partial charge in [-0.2, -0.15) is 0 Å². The van der Waals surface area contributed by atoms with Gasteiger partial charge in [-0.05, 0) is 49.7 Å². The van der Waals surface area contributed by atoms with Gasteiger partial charge in [0, 0.05) is 43.9 Å². The molecule has 3 rings (SSSR count). The van der Waals surface area contributed by atoms with Gasteiger partial charge < -0.3 is 10.0 Å². The second-order valence-electron chi connectivity index (χ2n) is 7.05. The average Bonchev–Trinajstić information content (AvgIpc) is 3.04. The summed E-state index contributed by atoms with van der Waals surface area (Å²) in [7, 11) is 0. The minimum absolute atomic E-state index is 0.0643. The van der Waals surface area contributed by atoms with E-state index in [0.29, 0.717) is 31.6 Å². The van der Waals surface area contributed by atoms with Gasteiger partial charge in [-0.3, -0.25) is 19.7 Å². The standard InChI is InChI=1S/C20H26N4O2/c1-3-23(13-17-6-9-21-10-7-17)14-20(26)8-11-24(15-20)19(25)18-5-4-16(2)22-12-18/h4-7,9-10,12,26H,3,8,11,13-15H2,1-2H3/t20-/m0/s1. The van der Waals surface area contributed by atoms with Gasteiger partial charge in [0.05, 0.1) is 17.7 Å².